The minimum Gasteiger partial charge on any atom is -0.457 e. The van der Waals surface area contributed by atoms with Crippen molar-refractivity contribution in [1.82, 2.24) is 10.2 Å². The number of hydrogen-bond donors (Lipinski definition) is 1. The van der Waals surface area contributed by atoms with E-state index in [1.54, 1.807) is 55.5 Å². The van der Waals surface area contributed by atoms with E-state index in [0.29, 0.717) is 34.3 Å². The predicted molar refractivity (Wildman–Crippen MR) is 154 cm³/mol. The number of anilines is 1. The summed E-state index contributed by atoms with van der Waals surface area (Å²) in [6.45, 7) is 5.62. The fourth-order valence-corrected chi connectivity index (χ4v) is 4.85. The standard InChI is InChI=1S/C29H34ClN3O5S/c1-21(2)18-31-29(35)22(3)32(19-23-9-8-10-24(30)17-23)28(34)20-33(39(4,36)37)25-13-15-27(16-14-25)38-26-11-6-5-7-12-26/h5-17,21-22H,18-20H2,1-4H3,(H,31,35)/t22-/m0/s1. The van der Waals surface area contributed by atoms with Crippen molar-refractivity contribution in [1.29, 1.82) is 0 Å². The second-order valence-corrected chi connectivity index (χ2v) is 12.0. The van der Waals surface area contributed by atoms with E-state index in [0.717, 1.165) is 10.6 Å². The Kier molecular flexibility index (Phi) is 10.4. The van der Waals surface area contributed by atoms with Crippen molar-refractivity contribution in [3.05, 3.63) is 89.4 Å². The highest BCUT2D eigenvalue weighted by Gasteiger charge is 2.30. The highest BCUT2D eigenvalue weighted by Crippen LogP contribution is 2.26. The Labute approximate surface area is 235 Å². The number of carbonyl (C=O) groups is 2. The molecule has 208 valence electrons. The van der Waals surface area contributed by atoms with Gasteiger partial charge in [0, 0.05) is 18.1 Å². The van der Waals surface area contributed by atoms with Gasteiger partial charge in [-0.2, -0.15) is 0 Å². The van der Waals surface area contributed by atoms with Crippen LogP contribution in [-0.2, 0) is 26.2 Å². The third kappa shape index (κ3) is 9.01. The van der Waals surface area contributed by atoms with Gasteiger partial charge < -0.3 is 15.0 Å². The van der Waals surface area contributed by atoms with Gasteiger partial charge >= 0.3 is 0 Å². The first-order chi connectivity index (χ1) is 18.4. The fourth-order valence-electron chi connectivity index (χ4n) is 3.79. The smallest absolute Gasteiger partial charge is 0.244 e. The fraction of sp³-hybridized carbons (Fsp3) is 0.310. The summed E-state index contributed by atoms with van der Waals surface area (Å²) in [6, 6.07) is 21.7. The maximum Gasteiger partial charge on any atom is 0.244 e. The summed E-state index contributed by atoms with van der Waals surface area (Å²) in [5, 5.41) is 3.34. The minimum absolute atomic E-state index is 0.0805. The average molecular weight is 572 g/mol. The maximum absolute atomic E-state index is 13.6. The Morgan fingerprint density at radius 1 is 0.923 bits per heavy atom. The Bertz CT molecular complexity index is 1370. The summed E-state index contributed by atoms with van der Waals surface area (Å²) in [5.41, 5.74) is 1.01. The molecule has 39 heavy (non-hydrogen) atoms. The van der Waals surface area contributed by atoms with Gasteiger partial charge in [0.1, 0.15) is 24.1 Å². The van der Waals surface area contributed by atoms with Gasteiger partial charge in [0.2, 0.25) is 21.8 Å². The van der Waals surface area contributed by atoms with Crippen molar-refractivity contribution < 1.29 is 22.7 Å². The average Bonchev–Trinajstić information content (AvgIpc) is 2.89. The van der Waals surface area contributed by atoms with Crippen molar-refractivity contribution >= 4 is 39.1 Å². The van der Waals surface area contributed by atoms with Crippen molar-refractivity contribution in [3.63, 3.8) is 0 Å². The van der Waals surface area contributed by atoms with Crippen molar-refractivity contribution in [2.45, 2.75) is 33.4 Å². The highest BCUT2D eigenvalue weighted by atomic mass is 35.5. The second kappa shape index (κ2) is 13.5. The van der Waals surface area contributed by atoms with E-state index >= 15 is 0 Å². The lowest BCUT2D eigenvalue weighted by atomic mass is 10.1. The molecule has 0 fully saturated rings. The molecule has 0 heterocycles. The van der Waals surface area contributed by atoms with E-state index in [9.17, 15) is 18.0 Å². The van der Waals surface area contributed by atoms with Gasteiger partial charge in [0.15, 0.2) is 0 Å². The first-order valence-electron chi connectivity index (χ1n) is 12.6. The Balaban J connectivity index is 1.85. The molecule has 0 radical (unpaired) electrons. The number of benzene rings is 3. The number of nitrogens with zero attached hydrogens (tertiary/aromatic N) is 2. The molecule has 0 bridgehead atoms. The second-order valence-electron chi connectivity index (χ2n) is 9.65. The number of ether oxygens (including phenoxy) is 1. The number of halogens is 1. The largest absolute Gasteiger partial charge is 0.457 e. The summed E-state index contributed by atoms with van der Waals surface area (Å²) in [7, 11) is -3.84. The topological polar surface area (TPSA) is 96.0 Å². The van der Waals surface area contributed by atoms with Gasteiger partial charge in [-0.1, -0.05) is 55.8 Å². The quantitative estimate of drug-likeness (QED) is 0.327. The van der Waals surface area contributed by atoms with Crippen LogP contribution in [0.1, 0.15) is 26.3 Å². The number of carbonyl (C=O) groups excluding carboxylic acids is 2. The molecule has 1 atom stereocenters. The zero-order valence-electron chi connectivity index (χ0n) is 22.5. The van der Waals surface area contributed by atoms with Gasteiger partial charge in [-0.25, -0.2) is 8.42 Å². The molecule has 0 saturated heterocycles. The van der Waals surface area contributed by atoms with Crippen LogP contribution < -0.4 is 14.4 Å². The van der Waals surface area contributed by atoms with E-state index in [-0.39, 0.29) is 18.4 Å². The van der Waals surface area contributed by atoms with E-state index in [1.165, 1.54) is 4.90 Å². The van der Waals surface area contributed by atoms with Crippen molar-refractivity contribution in [2.75, 3.05) is 23.7 Å². The van der Waals surface area contributed by atoms with Crippen molar-refractivity contribution in [2.24, 2.45) is 5.92 Å². The van der Waals surface area contributed by atoms with E-state index < -0.39 is 28.5 Å². The molecule has 2 amide bonds. The van der Waals surface area contributed by atoms with Crippen LogP contribution in [0.2, 0.25) is 5.02 Å². The molecule has 3 rings (SSSR count). The molecule has 0 unspecified atom stereocenters. The van der Waals surface area contributed by atoms with Gasteiger partial charge in [-0.05, 0) is 66.9 Å². The molecular weight excluding hydrogens is 538 g/mol. The number of hydrogen-bond acceptors (Lipinski definition) is 5. The van der Waals surface area contributed by atoms with E-state index in [1.807, 2.05) is 44.2 Å². The molecule has 0 aromatic heterocycles. The molecule has 8 nitrogen and oxygen atoms in total. The first-order valence-corrected chi connectivity index (χ1v) is 14.8. The van der Waals surface area contributed by atoms with Crippen molar-refractivity contribution in [3.8, 4) is 11.5 Å². The van der Waals surface area contributed by atoms with E-state index in [4.69, 9.17) is 16.3 Å². The molecule has 3 aromatic carbocycles. The SMILES string of the molecule is CC(C)CNC(=O)[C@H](C)N(Cc1cccc(Cl)c1)C(=O)CN(c1ccc(Oc2ccccc2)cc1)S(C)(=O)=O. The number of amides is 2. The Hall–Kier alpha value is -3.56. The molecule has 0 aliphatic rings. The number of rotatable bonds is 12. The third-order valence-electron chi connectivity index (χ3n) is 5.88. The zero-order chi connectivity index (χ0) is 28.6. The Morgan fingerprint density at radius 3 is 2.15 bits per heavy atom. The van der Waals surface area contributed by atoms with Gasteiger partial charge in [-0.15, -0.1) is 0 Å². The summed E-state index contributed by atoms with van der Waals surface area (Å²) in [4.78, 5) is 27.9. The van der Waals surface area contributed by atoms with Gasteiger partial charge in [0.05, 0.1) is 11.9 Å². The normalized spacial score (nSPS) is 12.1. The molecule has 0 spiro atoms. The zero-order valence-corrected chi connectivity index (χ0v) is 24.1. The molecule has 1 N–H and O–H groups in total. The van der Waals surface area contributed by atoms with Gasteiger partial charge in [0.25, 0.3) is 0 Å². The first kappa shape index (κ1) is 30.0. The molecule has 3 aromatic rings. The monoisotopic (exact) mass is 571 g/mol. The van der Waals surface area contributed by atoms with Crippen LogP contribution in [0.5, 0.6) is 11.5 Å². The third-order valence-corrected chi connectivity index (χ3v) is 7.25. The molecule has 0 saturated carbocycles. The lowest BCUT2D eigenvalue weighted by Gasteiger charge is -2.31. The number of para-hydroxylation sites is 1. The van der Waals surface area contributed by atoms with E-state index in [2.05, 4.69) is 5.32 Å². The van der Waals surface area contributed by atoms with Crippen LogP contribution in [0.15, 0.2) is 78.9 Å². The number of nitrogens with one attached hydrogen (secondary N) is 1. The summed E-state index contributed by atoms with van der Waals surface area (Å²) < 4.78 is 32.4. The molecule has 0 aliphatic heterocycles. The lowest BCUT2D eigenvalue weighted by Crippen LogP contribution is -2.51. The highest BCUT2D eigenvalue weighted by molar-refractivity contribution is 7.92. The lowest BCUT2D eigenvalue weighted by molar-refractivity contribution is -0.139. The van der Waals surface area contributed by atoms with Crippen LogP contribution in [0, 0.1) is 5.92 Å². The molecule has 10 heteroatoms. The summed E-state index contributed by atoms with van der Waals surface area (Å²) in [5.74, 6) is 0.530. The molecule has 0 aliphatic carbocycles. The van der Waals surface area contributed by atoms with Gasteiger partial charge in [-0.3, -0.25) is 13.9 Å². The van der Waals surface area contributed by atoms with Crippen LogP contribution in [0.3, 0.4) is 0 Å². The number of sulfonamides is 1. The summed E-state index contributed by atoms with van der Waals surface area (Å²) in [6.07, 6.45) is 1.04. The van der Waals surface area contributed by atoms with Crippen LogP contribution in [0.4, 0.5) is 5.69 Å². The summed E-state index contributed by atoms with van der Waals surface area (Å²) >= 11 is 6.14. The Morgan fingerprint density at radius 2 is 1.56 bits per heavy atom. The predicted octanol–water partition coefficient (Wildman–Crippen LogP) is 5.09. The molecular formula is C29H34ClN3O5S. The maximum atomic E-state index is 13.6. The minimum atomic E-state index is -3.84. The van der Waals surface area contributed by atoms with Crippen LogP contribution >= 0.6 is 11.6 Å². The van der Waals surface area contributed by atoms with Crippen LogP contribution in [-0.4, -0.2) is 50.5 Å². The van der Waals surface area contributed by atoms with Crippen LogP contribution in [0.25, 0.3) is 0 Å².